The summed E-state index contributed by atoms with van der Waals surface area (Å²) in [6, 6.07) is 1.82. The Labute approximate surface area is 85.9 Å². The number of nitrogens with one attached hydrogen (secondary N) is 1. The molecular formula is C8H17N3O2S. The van der Waals surface area contributed by atoms with Gasteiger partial charge in [0, 0.05) is 13.1 Å². The molecule has 0 bridgehead atoms. The lowest BCUT2D eigenvalue weighted by Gasteiger charge is -2.18. The molecule has 0 aliphatic carbocycles. The van der Waals surface area contributed by atoms with Gasteiger partial charge in [-0.1, -0.05) is 20.8 Å². The predicted octanol–water partition coefficient (Wildman–Crippen LogP) is 0.322. The van der Waals surface area contributed by atoms with Crippen LogP contribution in [-0.4, -0.2) is 32.4 Å². The average Bonchev–Trinajstić information content (AvgIpc) is 2.11. The van der Waals surface area contributed by atoms with Crippen LogP contribution in [0.15, 0.2) is 0 Å². The van der Waals surface area contributed by atoms with Gasteiger partial charge in [0.25, 0.3) is 10.2 Å². The van der Waals surface area contributed by atoms with Gasteiger partial charge in [0.15, 0.2) is 0 Å². The summed E-state index contributed by atoms with van der Waals surface area (Å²) in [6.45, 7) is 6.13. The predicted molar refractivity (Wildman–Crippen MR) is 54.6 cm³/mol. The molecule has 0 fully saturated rings. The molecule has 0 unspecified atom stereocenters. The Morgan fingerprint density at radius 1 is 1.50 bits per heavy atom. The summed E-state index contributed by atoms with van der Waals surface area (Å²) in [5, 5.41) is 8.42. The summed E-state index contributed by atoms with van der Waals surface area (Å²) < 4.78 is 26.6. The minimum Gasteiger partial charge on any atom is -0.202 e. The van der Waals surface area contributed by atoms with Gasteiger partial charge in [-0.05, 0) is 5.92 Å². The van der Waals surface area contributed by atoms with Gasteiger partial charge in [-0.2, -0.15) is 18.0 Å². The Hall–Kier alpha value is -0.640. The molecule has 0 rings (SSSR count). The molecular weight excluding hydrogens is 202 g/mol. The van der Waals surface area contributed by atoms with E-state index in [-0.39, 0.29) is 12.5 Å². The smallest absolute Gasteiger partial charge is 0.202 e. The van der Waals surface area contributed by atoms with Gasteiger partial charge in [-0.15, -0.1) is 0 Å². The van der Waals surface area contributed by atoms with E-state index in [4.69, 9.17) is 5.26 Å². The van der Waals surface area contributed by atoms with Crippen molar-refractivity contribution >= 4 is 10.2 Å². The van der Waals surface area contributed by atoms with E-state index < -0.39 is 10.2 Å². The first-order valence-electron chi connectivity index (χ1n) is 4.55. The third kappa shape index (κ3) is 4.56. The van der Waals surface area contributed by atoms with Crippen LogP contribution >= 0.6 is 0 Å². The molecule has 0 heterocycles. The van der Waals surface area contributed by atoms with Gasteiger partial charge in [-0.3, -0.25) is 0 Å². The molecule has 0 spiro atoms. The molecule has 0 aromatic rings. The Bertz CT molecular complexity index is 292. The quantitative estimate of drug-likeness (QED) is 0.654. The molecule has 6 heteroatoms. The maximum Gasteiger partial charge on any atom is 0.280 e. The Morgan fingerprint density at radius 2 is 2.07 bits per heavy atom. The van der Waals surface area contributed by atoms with Crippen LogP contribution in [0.25, 0.3) is 0 Å². The fraction of sp³-hybridized carbons (Fsp3) is 0.875. The van der Waals surface area contributed by atoms with Gasteiger partial charge in [0.05, 0.1) is 6.07 Å². The SMILES string of the molecule is CCN(CC#N)S(=O)(=O)NCC(C)C. The van der Waals surface area contributed by atoms with Gasteiger partial charge in [-0.25, -0.2) is 4.72 Å². The fourth-order valence-electron chi connectivity index (χ4n) is 0.809. The van der Waals surface area contributed by atoms with Crippen molar-refractivity contribution in [2.45, 2.75) is 20.8 Å². The molecule has 0 aromatic heterocycles. The molecule has 0 amide bonds. The lowest BCUT2D eigenvalue weighted by molar-refractivity contribution is 0.445. The second-order valence-electron chi connectivity index (χ2n) is 3.33. The van der Waals surface area contributed by atoms with Gasteiger partial charge < -0.3 is 0 Å². The van der Waals surface area contributed by atoms with Gasteiger partial charge in [0.2, 0.25) is 0 Å². The van der Waals surface area contributed by atoms with Crippen molar-refractivity contribution in [2.24, 2.45) is 5.92 Å². The van der Waals surface area contributed by atoms with Crippen molar-refractivity contribution in [3.05, 3.63) is 0 Å². The van der Waals surface area contributed by atoms with Crippen LogP contribution < -0.4 is 4.72 Å². The summed E-state index contributed by atoms with van der Waals surface area (Å²) in [6.07, 6.45) is 0. The van der Waals surface area contributed by atoms with E-state index in [9.17, 15) is 8.42 Å². The van der Waals surface area contributed by atoms with Crippen LogP contribution in [0.1, 0.15) is 20.8 Å². The second kappa shape index (κ2) is 5.96. The topological polar surface area (TPSA) is 73.2 Å². The monoisotopic (exact) mass is 219 g/mol. The van der Waals surface area contributed by atoms with Crippen LogP contribution in [0.2, 0.25) is 0 Å². The zero-order chi connectivity index (χ0) is 11.2. The van der Waals surface area contributed by atoms with Crippen molar-refractivity contribution in [2.75, 3.05) is 19.6 Å². The fourth-order valence-corrected chi connectivity index (χ4v) is 2.10. The van der Waals surface area contributed by atoms with Crippen molar-refractivity contribution in [3.8, 4) is 6.07 Å². The molecule has 5 nitrogen and oxygen atoms in total. The number of hydrogen-bond acceptors (Lipinski definition) is 3. The largest absolute Gasteiger partial charge is 0.280 e. The minimum absolute atomic E-state index is 0.107. The standard InChI is InChI=1S/C8H17N3O2S/c1-4-11(6-5-9)14(12,13)10-7-8(2)3/h8,10H,4,6-7H2,1-3H3. The Morgan fingerprint density at radius 3 is 2.43 bits per heavy atom. The van der Waals surface area contributed by atoms with Gasteiger partial charge >= 0.3 is 0 Å². The van der Waals surface area contributed by atoms with Crippen LogP contribution in [0.5, 0.6) is 0 Å². The zero-order valence-electron chi connectivity index (χ0n) is 8.82. The molecule has 0 aromatic carbocycles. The van der Waals surface area contributed by atoms with E-state index in [2.05, 4.69) is 4.72 Å². The normalized spacial score (nSPS) is 12.0. The summed E-state index contributed by atoms with van der Waals surface area (Å²) in [7, 11) is -3.47. The number of hydrogen-bond donors (Lipinski definition) is 1. The third-order valence-corrected chi connectivity index (χ3v) is 3.21. The maximum atomic E-state index is 11.5. The van der Waals surface area contributed by atoms with E-state index in [0.717, 1.165) is 4.31 Å². The third-order valence-electron chi connectivity index (χ3n) is 1.61. The zero-order valence-corrected chi connectivity index (χ0v) is 9.63. The van der Waals surface area contributed by atoms with E-state index >= 15 is 0 Å². The summed E-state index contributed by atoms with van der Waals surface area (Å²) in [4.78, 5) is 0. The highest BCUT2D eigenvalue weighted by atomic mass is 32.2. The molecule has 0 saturated heterocycles. The van der Waals surface area contributed by atoms with E-state index in [0.29, 0.717) is 13.1 Å². The Balaban J connectivity index is 4.36. The highest BCUT2D eigenvalue weighted by molar-refractivity contribution is 7.87. The first-order chi connectivity index (χ1) is 6.44. The van der Waals surface area contributed by atoms with E-state index in [1.807, 2.05) is 19.9 Å². The molecule has 0 radical (unpaired) electrons. The number of rotatable bonds is 6. The summed E-state index contributed by atoms with van der Waals surface area (Å²) >= 11 is 0. The van der Waals surface area contributed by atoms with Crippen molar-refractivity contribution in [1.29, 1.82) is 5.26 Å². The van der Waals surface area contributed by atoms with E-state index in [1.54, 1.807) is 6.92 Å². The maximum absolute atomic E-state index is 11.5. The number of nitriles is 1. The van der Waals surface area contributed by atoms with Crippen molar-refractivity contribution < 1.29 is 8.42 Å². The van der Waals surface area contributed by atoms with Crippen LogP contribution in [0.3, 0.4) is 0 Å². The van der Waals surface area contributed by atoms with Crippen LogP contribution in [-0.2, 0) is 10.2 Å². The first-order valence-corrected chi connectivity index (χ1v) is 5.99. The lowest BCUT2D eigenvalue weighted by atomic mass is 10.2. The van der Waals surface area contributed by atoms with Crippen molar-refractivity contribution in [3.63, 3.8) is 0 Å². The first kappa shape index (κ1) is 13.4. The minimum atomic E-state index is -3.47. The molecule has 1 N–H and O–H groups in total. The molecule has 0 aliphatic heterocycles. The molecule has 14 heavy (non-hydrogen) atoms. The molecule has 82 valence electrons. The summed E-state index contributed by atoms with van der Waals surface area (Å²) in [5.74, 6) is 0.255. The Kier molecular flexibility index (Phi) is 5.69. The molecule has 0 saturated carbocycles. The van der Waals surface area contributed by atoms with Crippen LogP contribution in [0, 0.1) is 17.2 Å². The highest BCUT2D eigenvalue weighted by Gasteiger charge is 2.19. The van der Waals surface area contributed by atoms with Crippen molar-refractivity contribution in [1.82, 2.24) is 9.03 Å². The number of nitrogens with zero attached hydrogens (tertiary/aromatic N) is 2. The summed E-state index contributed by atoms with van der Waals surface area (Å²) in [5.41, 5.74) is 0. The highest BCUT2D eigenvalue weighted by Crippen LogP contribution is 1.98. The molecule has 0 aliphatic rings. The molecule has 0 atom stereocenters. The lowest BCUT2D eigenvalue weighted by Crippen LogP contribution is -2.42. The second-order valence-corrected chi connectivity index (χ2v) is 5.09. The van der Waals surface area contributed by atoms with Gasteiger partial charge in [0.1, 0.15) is 6.54 Å². The average molecular weight is 219 g/mol. The van der Waals surface area contributed by atoms with Crippen LogP contribution in [0.4, 0.5) is 0 Å². The van der Waals surface area contributed by atoms with E-state index in [1.165, 1.54) is 0 Å².